The van der Waals surface area contributed by atoms with E-state index in [1.807, 2.05) is 21.7 Å². The van der Waals surface area contributed by atoms with E-state index in [1.165, 1.54) is 0 Å². The molecule has 0 saturated carbocycles. The van der Waals surface area contributed by atoms with Crippen molar-refractivity contribution in [3.63, 3.8) is 0 Å². The predicted molar refractivity (Wildman–Crippen MR) is 63.3 cm³/mol. The van der Waals surface area contributed by atoms with Gasteiger partial charge in [0.15, 0.2) is 0 Å². The summed E-state index contributed by atoms with van der Waals surface area (Å²) < 4.78 is 0. The number of rotatable bonds is 1. The Morgan fingerprint density at radius 2 is 2.27 bits per heavy atom. The number of hydrogen-bond donors (Lipinski definition) is 1. The highest BCUT2D eigenvalue weighted by Gasteiger charge is 2.19. The summed E-state index contributed by atoms with van der Waals surface area (Å²) in [4.78, 5) is 13.7. The first kappa shape index (κ1) is 10.5. The average Bonchev–Trinajstić information content (AvgIpc) is 2.71. The van der Waals surface area contributed by atoms with Crippen LogP contribution in [0.3, 0.4) is 0 Å². The van der Waals surface area contributed by atoms with Gasteiger partial charge in [-0.15, -0.1) is 0 Å². The van der Waals surface area contributed by atoms with E-state index in [4.69, 9.17) is 0 Å². The number of piperidine rings is 1. The van der Waals surface area contributed by atoms with E-state index >= 15 is 0 Å². The SMILES string of the molecule is CC1CCN(C(=O)Nc2ccsc2)CC1. The Labute approximate surface area is 94.1 Å². The zero-order valence-corrected chi connectivity index (χ0v) is 9.72. The van der Waals surface area contributed by atoms with E-state index in [9.17, 15) is 4.79 Å². The fourth-order valence-electron chi connectivity index (χ4n) is 1.75. The van der Waals surface area contributed by atoms with Gasteiger partial charge in [0.05, 0.1) is 5.69 Å². The summed E-state index contributed by atoms with van der Waals surface area (Å²) in [5, 5.41) is 6.82. The molecule has 0 atom stereocenters. The maximum Gasteiger partial charge on any atom is 0.321 e. The van der Waals surface area contributed by atoms with E-state index in [-0.39, 0.29) is 6.03 Å². The first-order valence-corrected chi connectivity index (χ1v) is 6.28. The molecule has 1 aromatic rings. The molecule has 0 radical (unpaired) electrons. The zero-order chi connectivity index (χ0) is 10.7. The number of nitrogens with zero attached hydrogens (tertiary/aromatic N) is 1. The zero-order valence-electron chi connectivity index (χ0n) is 8.90. The summed E-state index contributed by atoms with van der Waals surface area (Å²) in [7, 11) is 0. The number of hydrogen-bond acceptors (Lipinski definition) is 2. The lowest BCUT2D eigenvalue weighted by atomic mass is 10.00. The number of likely N-dealkylation sites (tertiary alicyclic amines) is 1. The fourth-order valence-corrected chi connectivity index (χ4v) is 2.34. The molecule has 0 aliphatic carbocycles. The molecule has 1 N–H and O–H groups in total. The standard InChI is InChI=1S/C11H16N2OS/c1-9-2-5-13(6-3-9)11(14)12-10-4-7-15-8-10/h4,7-9H,2-3,5-6H2,1H3,(H,12,14). The van der Waals surface area contributed by atoms with Crippen LogP contribution >= 0.6 is 11.3 Å². The number of amides is 2. The lowest BCUT2D eigenvalue weighted by molar-refractivity contribution is 0.186. The second kappa shape index (κ2) is 4.66. The van der Waals surface area contributed by atoms with Crippen LogP contribution in [0.1, 0.15) is 19.8 Å². The molecule has 2 amide bonds. The Kier molecular flexibility index (Phi) is 3.26. The van der Waals surface area contributed by atoms with Crippen LogP contribution in [0.4, 0.5) is 10.5 Å². The van der Waals surface area contributed by atoms with E-state index in [2.05, 4.69) is 12.2 Å². The van der Waals surface area contributed by atoms with Gasteiger partial charge in [-0.05, 0) is 30.2 Å². The third kappa shape index (κ3) is 2.72. The van der Waals surface area contributed by atoms with E-state index < -0.39 is 0 Å². The smallest absolute Gasteiger partial charge is 0.321 e. The van der Waals surface area contributed by atoms with Crippen molar-refractivity contribution in [2.24, 2.45) is 5.92 Å². The maximum atomic E-state index is 11.8. The third-order valence-corrected chi connectivity index (χ3v) is 3.53. The number of carbonyl (C=O) groups excluding carboxylic acids is 1. The number of urea groups is 1. The molecule has 1 saturated heterocycles. The van der Waals surface area contributed by atoms with Gasteiger partial charge in [-0.3, -0.25) is 0 Å². The van der Waals surface area contributed by atoms with Crippen LogP contribution in [-0.2, 0) is 0 Å². The highest BCUT2D eigenvalue weighted by Crippen LogP contribution is 2.18. The van der Waals surface area contributed by atoms with Gasteiger partial charge in [-0.1, -0.05) is 6.92 Å². The van der Waals surface area contributed by atoms with E-state index in [1.54, 1.807) is 11.3 Å². The molecule has 0 aromatic carbocycles. The monoisotopic (exact) mass is 224 g/mol. The van der Waals surface area contributed by atoms with Crippen LogP contribution in [0.25, 0.3) is 0 Å². The lowest BCUT2D eigenvalue weighted by Gasteiger charge is -2.30. The molecule has 4 heteroatoms. The second-order valence-corrected chi connectivity index (χ2v) is 4.89. The van der Waals surface area contributed by atoms with Crippen LogP contribution < -0.4 is 5.32 Å². The van der Waals surface area contributed by atoms with Gasteiger partial charge < -0.3 is 10.2 Å². The molecule has 0 bridgehead atoms. The fraction of sp³-hybridized carbons (Fsp3) is 0.545. The highest BCUT2D eigenvalue weighted by molar-refractivity contribution is 7.08. The molecule has 1 aromatic heterocycles. The first-order chi connectivity index (χ1) is 7.25. The van der Waals surface area contributed by atoms with Crippen molar-refractivity contribution >= 4 is 23.1 Å². The van der Waals surface area contributed by atoms with Gasteiger partial charge in [0.1, 0.15) is 0 Å². The van der Waals surface area contributed by atoms with Crippen molar-refractivity contribution < 1.29 is 4.79 Å². The van der Waals surface area contributed by atoms with Crippen LogP contribution in [-0.4, -0.2) is 24.0 Å². The van der Waals surface area contributed by atoms with Crippen molar-refractivity contribution in [2.75, 3.05) is 18.4 Å². The molecule has 1 aliphatic rings. The van der Waals surface area contributed by atoms with Gasteiger partial charge >= 0.3 is 6.03 Å². The highest BCUT2D eigenvalue weighted by atomic mass is 32.1. The lowest BCUT2D eigenvalue weighted by Crippen LogP contribution is -2.40. The molecular weight excluding hydrogens is 208 g/mol. The molecule has 2 rings (SSSR count). The second-order valence-electron chi connectivity index (χ2n) is 4.11. The molecular formula is C11H16N2OS. The number of nitrogens with one attached hydrogen (secondary N) is 1. The molecule has 0 unspecified atom stereocenters. The Morgan fingerprint density at radius 3 is 2.87 bits per heavy atom. The average molecular weight is 224 g/mol. The third-order valence-electron chi connectivity index (χ3n) is 2.84. The largest absolute Gasteiger partial charge is 0.325 e. The van der Waals surface area contributed by atoms with Crippen LogP contribution in [0.15, 0.2) is 16.8 Å². The van der Waals surface area contributed by atoms with Gasteiger partial charge in [-0.25, -0.2) is 4.79 Å². The molecule has 0 spiro atoms. The van der Waals surface area contributed by atoms with Gasteiger partial charge in [0, 0.05) is 18.5 Å². The number of anilines is 1. The van der Waals surface area contributed by atoms with Crippen LogP contribution in [0, 0.1) is 5.92 Å². The topological polar surface area (TPSA) is 32.3 Å². The molecule has 3 nitrogen and oxygen atoms in total. The van der Waals surface area contributed by atoms with Crippen molar-refractivity contribution in [2.45, 2.75) is 19.8 Å². The molecule has 2 heterocycles. The summed E-state index contributed by atoms with van der Waals surface area (Å²) in [6, 6.07) is 1.97. The van der Waals surface area contributed by atoms with Crippen molar-refractivity contribution in [1.82, 2.24) is 4.90 Å². The summed E-state index contributed by atoms with van der Waals surface area (Å²) >= 11 is 1.60. The van der Waals surface area contributed by atoms with E-state index in [0.717, 1.165) is 37.5 Å². The summed E-state index contributed by atoms with van der Waals surface area (Å²) in [5.41, 5.74) is 0.906. The number of carbonyl (C=O) groups is 1. The summed E-state index contributed by atoms with van der Waals surface area (Å²) in [6.07, 6.45) is 2.24. The summed E-state index contributed by atoms with van der Waals surface area (Å²) in [6.45, 7) is 4.02. The van der Waals surface area contributed by atoms with Crippen molar-refractivity contribution in [3.8, 4) is 0 Å². The molecule has 15 heavy (non-hydrogen) atoms. The van der Waals surface area contributed by atoms with Gasteiger partial charge in [0.2, 0.25) is 0 Å². The normalized spacial score (nSPS) is 17.8. The Bertz CT molecular complexity index is 315. The van der Waals surface area contributed by atoms with Gasteiger partial charge in [-0.2, -0.15) is 11.3 Å². The Balaban J connectivity index is 1.86. The minimum absolute atomic E-state index is 0.0419. The molecule has 82 valence electrons. The predicted octanol–water partition coefficient (Wildman–Crippen LogP) is 3.01. The van der Waals surface area contributed by atoms with Crippen LogP contribution in [0.2, 0.25) is 0 Å². The van der Waals surface area contributed by atoms with E-state index in [0.29, 0.717) is 0 Å². The molecule has 1 aliphatic heterocycles. The van der Waals surface area contributed by atoms with Gasteiger partial charge in [0.25, 0.3) is 0 Å². The minimum atomic E-state index is 0.0419. The van der Waals surface area contributed by atoms with Crippen molar-refractivity contribution in [3.05, 3.63) is 16.8 Å². The van der Waals surface area contributed by atoms with Crippen LogP contribution in [0.5, 0.6) is 0 Å². The minimum Gasteiger partial charge on any atom is -0.325 e. The quantitative estimate of drug-likeness (QED) is 0.781. The van der Waals surface area contributed by atoms with Crippen molar-refractivity contribution in [1.29, 1.82) is 0 Å². The number of thiophene rings is 1. The molecule has 1 fully saturated rings. The maximum absolute atomic E-state index is 11.8. The first-order valence-electron chi connectivity index (χ1n) is 5.34. The Hall–Kier alpha value is -1.03. The summed E-state index contributed by atoms with van der Waals surface area (Å²) in [5.74, 6) is 0.759. The Morgan fingerprint density at radius 1 is 1.53 bits per heavy atom.